The van der Waals surface area contributed by atoms with Crippen LogP contribution in [0.25, 0.3) is 22.6 Å². The molecule has 0 bridgehead atoms. The maximum Gasteiger partial charge on any atom is 0.269 e. The van der Waals surface area contributed by atoms with E-state index >= 15 is 0 Å². The lowest BCUT2D eigenvalue weighted by molar-refractivity contribution is -0.384. The smallest absolute Gasteiger partial charge is 0.269 e. The van der Waals surface area contributed by atoms with E-state index in [1.807, 2.05) is 18.2 Å². The third-order valence-electron chi connectivity index (χ3n) is 4.09. The van der Waals surface area contributed by atoms with Gasteiger partial charge < -0.3 is 9.73 Å². The number of halogens is 1. The minimum absolute atomic E-state index is 0.0771. The number of nitro groups is 1. The van der Waals surface area contributed by atoms with Crippen LogP contribution >= 0.6 is 11.6 Å². The molecule has 0 spiro atoms. The van der Waals surface area contributed by atoms with Crippen LogP contribution in [-0.2, 0) is 0 Å². The highest BCUT2D eigenvalue weighted by molar-refractivity contribution is 6.33. The number of nitrogens with zero attached hydrogens (tertiary/aromatic N) is 2. The molecule has 0 aliphatic carbocycles. The highest BCUT2D eigenvalue weighted by atomic mass is 35.5. The van der Waals surface area contributed by atoms with Crippen LogP contribution in [0.1, 0.15) is 10.4 Å². The number of aromatic nitrogens is 1. The summed E-state index contributed by atoms with van der Waals surface area (Å²) in [5, 5.41) is 14.0. The highest BCUT2D eigenvalue weighted by Crippen LogP contribution is 2.30. The van der Waals surface area contributed by atoms with Gasteiger partial charge in [-0.1, -0.05) is 23.7 Å². The summed E-state index contributed by atoms with van der Waals surface area (Å²) in [4.78, 5) is 27.0. The van der Waals surface area contributed by atoms with E-state index in [0.29, 0.717) is 38.8 Å². The monoisotopic (exact) mass is 393 g/mol. The van der Waals surface area contributed by atoms with E-state index in [2.05, 4.69) is 10.3 Å². The topological polar surface area (TPSA) is 98.3 Å². The summed E-state index contributed by atoms with van der Waals surface area (Å²) in [6, 6.07) is 17.7. The fourth-order valence-corrected chi connectivity index (χ4v) is 2.91. The first-order chi connectivity index (χ1) is 13.5. The van der Waals surface area contributed by atoms with Crippen molar-refractivity contribution in [3.05, 3.63) is 87.4 Å². The van der Waals surface area contributed by atoms with Crippen molar-refractivity contribution in [1.29, 1.82) is 0 Å². The number of fused-ring (bicyclic) bond motifs is 1. The molecule has 1 aromatic heterocycles. The van der Waals surface area contributed by atoms with Gasteiger partial charge in [0.1, 0.15) is 5.52 Å². The third kappa shape index (κ3) is 3.43. The van der Waals surface area contributed by atoms with Gasteiger partial charge in [-0.15, -0.1) is 0 Å². The molecule has 0 radical (unpaired) electrons. The van der Waals surface area contributed by atoms with Gasteiger partial charge in [-0.25, -0.2) is 4.98 Å². The van der Waals surface area contributed by atoms with Gasteiger partial charge in [-0.05, 0) is 36.4 Å². The molecule has 0 fully saturated rings. The summed E-state index contributed by atoms with van der Waals surface area (Å²) in [7, 11) is 0. The van der Waals surface area contributed by atoms with Gasteiger partial charge in [0, 0.05) is 29.4 Å². The van der Waals surface area contributed by atoms with E-state index in [9.17, 15) is 14.9 Å². The van der Waals surface area contributed by atoms with Crippen LogP contribution in [-0.4, -0.2) is 15.8 Å². The maximum absolute atomic E-state index is 12.4. The van der Waals surface area contributed by atoms with E-state index in [0.717, 1.165) is 0 Å². The molecule has 3 aromatic carbocycles. The SMILES string of the molecule is O=C(Nc1ccc2nc(-c3ccccc3Cl)oc2c1)c1ccc([N+](=O)[O-])cc1. The van der Waals surface area contributed by atoms with Gasteiger partial charge in [0.15, 0.2) is 5.58 Å². The molecule has 0 aliphatic rings. The lowest BCUT2D eigenvalue weighted by Crippen LogP contribution is -2.11. The Balaban J connectivity index is 1.58. The average Bonchev–Trinajstić information content (AvgIpc) is 3.11. The second-order valence-corrected chi connectivity index (χ2v) is 6.35. The Morgan fingerprint density at radius 2 is 1.82 bits per heavy atom. The van der Waals surface area contributed by atoms with Crippen LogP contribution in [0.5, 0.6) is 0 Å². The molecule has 0 atom stereocenters. The molecule has 0 aliphatic heterocycles. The third-order valence-corrected chi connectivity index (χ3v) is 4.42. The number of oxazole rings is 1. The van der Waals surface area contributed by atoms with Crippen LogP contribution in [0, 0.1) is 10.1 Å². The van der Waals surface area contributed by atoms with Crippen molar-refractivity contribution in [3.63, 3.8) is 0 Å². The van der Waals surface area contributed by atoms with Crippen molar-refractivity contribution >= 4 is 40.0 Å². The molecule has 1 N–H and O–H groups in total. The van der Waals surface area contributed by atoms with E-state index in [-0.39, 0.29) is 11.6 Å². The van der Waals surface area contributed by atoms with E-state index in [1.165, 1.54) is 24.3 Å². The van der Waals surface area contributed by atoms with Crippen LogP contribution in [0.3, 0.4) is 0 Å². The summed E-state index contributed by atoms with van der Waals surface area (Å²) >= 11 is 6.19. The standard InChI is InChI=1S/C20H12ClN3O4/c21-16-4-2-1-3-15(16)20-23-17-10-7-13(11-18(17)28-20)22-19(25)12-5-8-14(9-6-12)24(26)27/h1-11H,(H,22,25). The van der Waals surface area contributed by atoms with Crippen LogP contribution in [0.15, 0.2) is 71.1 Å². The molecule has 8 heteroatoms. The fraction of sp³-hybridized carbons (Fsp3) is 0. The number of nitrogens with one attached hydrogen (secondary N) is 1. The number of non-ortho nitro benzene ring substituents is 1. The first kappa shape index (κ1) is 17.7. The summed E-state index contributed by atoms with van der Waals surface area (Å²) in [6.45, 7) is 0. The van der Waals surface area contributed by atoms with Gasteiger partial charge >= 0.3 is 0 Å². The van der Waals surface area contributed by atoms with Crippen molar-refractivity contribution in [2.75, 3.05) is 5.32 Å². The summed E-state index contributed by atoms with van der Waals surface area (Å²) in [5.74, 6) is -0.000430. The van der Waals surface area contributed by atoms with E-state index < -0.39 is 4.92 Å². The number of benzene rings is 3. The Hall–Kier alpha value is -3.71. The molecule has 0 unspecified atom stereocenters. The molecule has 28 heavy (non-hydrogen) atoms. The molecule has 0 saturated carbocycles. The molecule has 0 saturated heterocycles. The van der Waals surface area contributed by atoms with Crippen molar-refractivity contribution in [1.82, 2.24) is 4.98 Å². The largest absolute Gasteiger partial charge is 0.436 e. The molecule has 4 aromatic rings. The van der Waals surface area contributed by atoms with E-state index in [1.54, 1.807) is 24.3 Å². The first-order valence-corrected chi connectivity index (χ1v) is 8.60. The number of carbonyl (C=O) groups excluding carboxylic acids is 1. The number of nitro benzene ring substituents is 1. The Morgan fingerprint density at radius 1 is 1.07 bits per heavy atom. The second-order valence-electron chi connectivity index (χ2n) is 5.94. The maximum atomic E-state index is 12.4. The number of hydrogen-bond acceptors (Lipinski definition) is 5. The molecule has 1 amide bonds. The van der Waals surface area contributed by atoms with Gasteiger partial charge in [-0.2, -0.15) is 0 Å². The van der Waals surface area contributed by atoms with Crippen LogP contribution < -0.4 is 5.32 Å². The van der Waals surface area contributed by atoms with Crippen molar-refractivity contribution < 1.29 is 14.1 Å². The summed E-state index contributed by atoms with van der Waals surface area (Å²) in [5.41, 5.74) is 2.54. The van der Waals surface area contributed by atoms with Crippen LogP contribution in [0.2, 0.25) is 5.02 Å². The fourth-order valence-electron chi connectivity index (χ4n) is 2.69. The number of anilines is 1. The number of hydrogen-bond donors (Lipinski definition) is 1. The lowest BCUT2D eigenvalue weighted by atomic mass is 10.2. The van der Waals surface area contributed by atoms with Gasteiger partial charge in [-0.3, -0.25) is 14.9 Å². The number of amides is 1. The molecule has 1 heterocycles. The molecular weight excluding hydrogens is 382 g/mol. The predicted octanol–water partition coefficient (Wildman–Crippen LogP) is 5.31. The second kappa shape index (κ2) is 7.13. The Kier molecular flexibility index (Phi) is 4.50. The van der Waals surface area contributed by atoms with E-state index in [4.69, 9.17) is 16.0 Å². The average molecular weight is 394 g/mol. The normalized spacial score (nSPS) is 10.8. The Bertz CT molecular complexity index is 1200. The molecular formula is C20H12ClN3O4. The van der Waals surface area contributed by atoms with Crippen molar-refractivity contribution in [2.24, 2.45) is 0 Å². The molecule has 138 valence electrons. The zero-order chi connectivity index (χ0) is 19.7. The van der Waals surface area contributed by atoms with Gasteiger partial charge in [0.2, 0.25) is 5.89 Å². The summed E-state index contributed by atoms with van der Waals surface area (Å²) < 4.78 is 5.78. The zero-order valence-electron chi connectivity index (χ0n) is 14.3. The molecule has 4 rings (SSSR count). The molecule has 7 nitrogen and oxygen atoms in total. The summed E-state index contributed by atoms with van der Waals surface area (Å²) in [6.07, 6.45) is 0. The Morgan fingerprint density at radius 3 is 2.54 bits per heavy atom. The highest BCUT2D eigenvalue weighted by Gasteiger charge is 2.13. The Labute approximate surface area is 163 Å². The lowest BCUT2D eigenvalue weighted by Gasteiger charge is -2.04. The minimum atomic E-state index is -0.518. The zero-order valence-corrected chi connectivity index (χ0v) is 15.0. The predicted molar refractivity (Wildman–Crippen MR) is 106 cm³/mol. The number of rotatable bonds is 4. The first-order valence-electron chi connectivity index (χ1n) is 8.22. The van der Waals surface area contributed by atoms with Crippen LogP contribution in [0.4, 0.5) is 11.4 Å². The van der Waals surface area contributed by atoms with Crippen molar-refractivity contribution in [3.8, 4) is 11.5 Å². The quantitative estimate of drug-likeness (QED) is 0.374. The number of carbonyl (C=O) groups is 1. The van der Waals surface area contributed by atoms with Gasteiger partial charge in [0.05, 0.1) is 15.5 Å². The van der Waals surface area contributed by atoms with Crippen molar-refractivity contribution in [2.45, 2.75) is 0 Å². The van der Waals surface area contributed by atoms with Gasteiger partial charge in [0.25, 0.3) is 11.6 Å². The minimum Gasteiger partial charge on any atom is -0.436 e.